The summed E-state index contributed by atoms with van der Waals surface area (Å²) in [5.74, 6) is 1.68. The van der Waals surface area contributed by atoms with Crippen LogP contribution in [-0.2, 0) is 11.2 Å². The van der Waals surface area contributed by atoms with Gasteiger partial charge in [0.15, 0.2) is 0 Å². The Balaban J connectivity index is 1.92. The molecule has 96 valence electrons. The van der Waals surface area contributed by atoms with Crippen molar-refractivity contribution in [3.63, 3.8) is 0 Å². The van der Waals surface area contributed by atoms with Crippen molar-refractivity contribution in [2.75, 3.05) is 13.2 Å². The summed E-state index contributed by atoms with van der Waals surface area (Å²) in [6.45, 7) is 6.30. The van der Waals surface area contributed by atoms with Crippen LogP contribution in [0.4, 0.5) is 0 Å². The second-order valence-corrected chi connectivity index (χ2v) is 4.98. The largest absolute Gasteiger partial charge is 0.469 e. The predicted octanol–water partition coefficient (Wildman–Crippen LogP) is 2.62. The molecular weight excluding hydrogens is 214 g/mol. The summed E-state index contributed by atoms with van der Waals surface area (Å²) in [5, 5.41) is 3.63. The van der Waals surface area contributed by atoms with Crippen molar-refractivity contribution in [2.24, 2.45) is 5.92 Å². The van der Waals surface area contributed by atoms with E-state index in [1.54, 1.807) is 6.26 Å². The maximum atomic E-state index is 5.67. The Hall–Kier alpha value is -0.800. The van der Waals surface area contributed by atoms with Crippen molar-refractivity contribution in [1.29, 1.82) is 0 Å². The van der Waals surface area contributed by atoms with Crippen LogP contribution in [-0.4, -0.2) is 25.3 Å². The monoisotopic (exact) mass is 237 g/mol. The van der Waals surface area contributed by atoms with E-state index in [1.807, 2.05) is 6.07 Å². The molecular formula is C14H23NO2. The van der Waals surface area contributed by atoms with Gasteiger partial charge in [-0.2, -0.15) is 0 Å². The first-order valence-corrected chi connectivity index (χ1v) is 6.67. The van der Waals surface area contributed by atoms with Crippen LogP contribution in [0, 0.1) is 5.92 Å². The molecule has 0 aromatic carbocycles. The Kier molecular flexibility index (Phi) is 4.63. The highest BCUT2D eigenvalue weighted by Crippen LogP contribution is 2.24. The summed E-state index contributed by atoms with van der Waals surface area (Å²) in [6.07, 6.45) is 5.44. The Morgan fingerprint density at radius 2 is 2.41 bits per heavy atom. The topological polar surface area (TPSA) is 34.4 Å². The number of ether oxygens (including phenoxy) is 1. The highest BCUT2D eigenvalue weighted by molar-refractivity contribution is 5.02. The lowest BCUT2D eigenvalue weighted by atomic mass is 9.93. The first-order chi connectivity index (χ1) is 8.29. The molecule has 3 unspecified atom stereocenters. The lowest BCUT2D eigenvalue weighted by Gasteiger charge is -2.23. The Morgan fingerprint density at radius 3 is 3.00 bits per heavy atom. The van der Waals surface area contributed by atoms with E-state index in [0.29, 0.717) is 18.1 Å². The molecule has 3 nitrogen and oxygen atoms in total. The zero-order chi connectivity index (χ0) is 12.1. The van der Waals surface area contributed by atoms with Gasteiger partial charge in [0.05, 0.1) is 19.0 Å². The average Bonchev–Trinajstić information content (AvgIpc) is 2.95. The molecule has 1 N–H and O–H groups in total. The van der Waals surface area contributed by atoms with Gasteiger partial charge in [0.2, 0.25) is 0 Å². The van der Waals surface area contributed by atoms with Gasteiger partial charge >= 0.3 is 0 Å². The fraction of sp³-hybridized carbons (Fsp3) is 0.714. The molecule has 0 radical (unpaired) electrons. The van der Waals surface area contributed by atoms with Gasteiger partial charge in [-0.1, -0.05) is 6.92 Å². The minimum Gasteiger partial charge on any atom is -0.469 e. The number of nitrogens with one attached hydrogen (secondary N) is 1. The fourth-order valence-corrected chi connectivity index (χ4v) is 2.51. The molecule has 1 aliphatic heterocycles. The maximum absolute atomic E-state index is 5.67. The van der Waals surface area contributed by atoms with Crippen LogP contribution >= 0.6 is 0 Å². The van der Waals surface area contributed by atoms with Crippen LogP contribution in [0.5, 0.6) is 0 Å². The van der Waals surface area contributed by atoms with Gasteiger partial charge in [0, 0.05) is 18.4 Å². The maximum Gasteiger partial charge on any atom is 0.105 e. The smallest absolute Gasteiger partial charge is 0.105 e. The molecule has 2 rings (SSSR count). The van der Waals surface area contributed by atoms with E-state index in [0.717, 1.165) is 38.2 Å². The van der Waals surface area contributed by atoms with Gasteiger partial charge in [-0.15, -0.1) is 0 Å². The van der Waals surface area contributed by atoms with E-state index in [1.165, 1.54) is 0 Å². The summed E-state index contributed by atoms with van der Waals surface area (Å²) in [4.78, 5) is 0. The lowest BCUT2D eigenvalue weighted by Crippen LogP contribution is -2.38. The quantitative estimate of drug-likeness (QED) is 0.826. The summed E-state index contributed by atoms with van der Waals surface area (Å²) in [6, 6.07) is 4.49. The van der Waals surface area contributed by atoms with Gasteiger partial charge < -0.3 is 14.5 Å². The molecule has 0 saturated carbocycles. The van der Waals surface area contributed by atoms with E-state index >= 15 is 0 Å². The minimum absolute atomic E-state index is 0.405. The molecule has 1 aromatic rings. The number of hydrogen-bond donors (Lipinski definition) is 1. The SMILES string of the molecule is CCCNC(Cc1ccco1)C1COC(C)C1. The van der Waals surface area contributed by atoms with Crippen molar-refractivity contribution in [3.8, 4) is 0 Å². The van der Waals surface area contributed by atoms with Gasteiger partial charge in [-0.25, -0.2) is 0 Å². The molecule has 1 fully saturated rings. The summed E-state index contributed by atoms with van der Waals surface area (Å²) < 4.78 is 11.1. The Bertz CT molecular complexity index is 310. The Labute approximate surface area is 104 Å². The van der Waals surface area contributed by atoms with E-state index < -0.39 is 0 Å². The fourth-order valence-electron chi connectivity index (χ4n) is 2.51. The molecule has 1 aromatic heterocycles. The molecule has 3 atom stereocenters. The van der Waals surface area contributed by atoms with E-state index in [9.17, 15) is 0 Å². The van der Waals surface area contributed by atoms with Gasteiger partial charge in [-0.3, -0.25) is 0 Å². The number of rotatable bonds is 6. The van der Waals surface area contributed by atoms with Gasteiger partial charge in [0.1, 0.15) is 5.76 Å². The summed E-state index contributed by atoms with van der Waals surface area (Å²) in [7, 11) is 0. The first kappa shape index (κ1) is 12.7. The minimum atomic E-state index is 0.405. The van der Waals surface area contributed by atoms with Crippen molar-refractivity contribution in [3.05, 3.63) is 24.2 Å². The van der Waals surface area contributed by atoms with Gasteiger partial charge in [-0.05, 0) is 38.4 Å². The summed E-state index contributed by atoms with van der Waals surface area (Å²) in [5.41, 5.74) is 0. The molecule has 0 amide bonds. The van der Waals surface area contributed by atoms with Crippen molar-refractivity contribution in [2.45, 2.75) is 45.3 Å². The third-order valence-electron chi connectivity index (χ3n) is 3.46. The highest BCUT2D eigenvalue weighted by Gasteiger charge is 2.29. The van der Waals surface area contributed by atoms with Crippen molar-refractivity contribution in [1.82, 2.24) is 5.32 Å². The van der Waals surface area contributed by atoms with Crippen LogP contribution in [0.1, 0.15) is 32.4 Å². The molecule has 3 heteroatoms. The zero-order valence-corrected chi connectivity index (χ0v) is 10.8. The summed E-state index contributed by atoms with van der Waals surface area (Å²) >= 11 is 0. The molecule has 17 heavy (non-hydrogen) atoms. The second kappa shape index (κ2) is 6.22. The molecule has 0 bridgehead atoms. The third kappa shape index (κ3) is 3.58. The van der Waals surface area contributed by atoms with E-state index in [2.05, 4.69) is 25.2 Å². The third-order valence-corrected chi connectivity index (χ3v) is 3.46. The van der Waals surface area contributed by atoms with Crippen LogP contribution in [0.15, 0.2) is 22.8 Å². The first-order valence-electron chi connectivity index (χ1n) is 6.67. The number of hydrogen-bond acceptors (Lipinski definition) is 3. The Morgan fingerprint density at radius 1 is 1.53 bits per heavy atom. The van der Waals surface area contributed by atoms with Crippen molar-refractivity contribution >= 4 is 0 Å². The molecule has 1 aliphatic rings. The lowest BCUT2D eigenvalue weighted by molar-refractivity contribution is 0.116. The van der Waals surface area contributed by atoms with E-state index in [-0.39, 0.29) is 0 Å². The molecule has 0 spiro atoms. The van der Waals surface area contributed by atoms with Crippen molar-refractivity contribution < 1.29 is 9.15 Å². The average molecular weight is 237 g/mol. The van der Waals surface area contributed by atoms with Crippen LogP contribution in [0.2, 0.25) is 0 Å². The van der Waals surface area contributed by atoms with Gasteiger partial charge in [0.25, 0.3) is 0 Å². The normalized spacial score (nSPS) is 26.2. The van der Waals surface area contributed by atoms with Crippen LogP contribution in [0.3, 0.4) is 0 Å². The standard InChI is InChI=1S/C14H23NO2/c1-3-6-15-14(9-13-5-4-7-16-13)12-8-11(2)17-10-12/h4-5,7,11-12,14-15H,3,6,8-10H2,1-2H3. The predicted molar refractivity (Wildman–Crippen MR) is 68.0 cm³/mol. The molecule has 1 saturated heterocycles. The zero-order valence-electron chi connectivity index (χ0n) is 10.8. The molecule has 2 heterocycles. The molecule has 0 aliphatic carbocycles. The van der Waals surface area contributed by atoms with Crippen LogP contribution in [0.25, 0.3) is 0 Å². The number of furan rings is 1. The second-order valence-electron chi connectivity index (χ2n) is 4.98. The van der Waals surface area contributed by atoms with E-state index in [4.69, 9.17) is 9.15 Å². The highest BCUT2D eigenvalue weighted by atomic mass is 16.5. The van der Waals surface area contributed by atoms with Crippen LogP contribution < -0.4 is 5.32 Å².